The standard InChI is InChI=1S/C23H19ClN4O3S/c24-19-8-7-18(32-19)21(29)26-17-6-2-4-15-13-27(22(30)20(15)17)12-14-3-1-5-16(11-14)28-9-10-31-23(28)25/h1-8,11,25H,9-10,12-13H2,(H,26,29). The van der Waals surface area contributed by atoms with Crippen molar-refractivity contribution in [1.29, 1.82) is 5.41 Å². The number of benzene rings is 2. The number of thiophene rings is 1. The Kier molecular flexibility index (Phi) is 5.32. The van der Waals surface area contributed by atoms with Gasteiger partial charge in [-0.1, -0.05) is 35.9 Å². The molecule has 1 aromatic heterocycles. The highest BCUT2D eigenvalue weighted by atomic mass is 35.5. The van der Waals surface area contributed by atoms with Crippen LogP contribution in [0.2, 0.25) is 4.34 Å². The van der Waals surface area contributed by atoms with Crippen molar-refractivity contribution in [3.8, 4) is 0 Å². The number of hydrogen-bond donors (Lipinski definition) is 2. The molecule has 2 N–H and O–H groups in total. The van der Waals surface area contributed by atoms with E-state index in [4.69, 9.17) is 21.7 Å². The monoisotopic (exact) mass is 466 g/mol. The first-order valence-electron chi connectivity index (χ1n) is 10.1. The zero-order chi connectivity index (χ0) is 22.2. The molecule has 3 heterocycles. The molecule has 162 valence electrons. The molecule has 1 saturated heterocycles. The van der Waals surface area contributed by atoms with Crippen molar-refractivity contribution in [1.82, 2.24) is 4.90 Å². The summed E-state index contributed by atoms with van der Waals surface area (Å²) in [6, 6.07) is 16.7. The maximum absolute atomic E-state index is 13.2. The van der Waals surface area contributed by atoms with Crippen LogP contribution in [-0.2, 0) is 17.8 Å². The normalized spacial score (nSPS) is 15.2. The van der Waals surface area contributed by atoms with E-state index in [2.05, 4.69) is 5.32 Å². The molecule has 1 fully saturated rings. The van der Waals surface area contributed by atoms with Crippen molar-refractivity contribution in [3.05, 3.63) is 80.5 Å². The SMILES string of the molecule is N=C1OCCN1c1cccc(CN2Cc3cccc(NC(=O)c4ccc(Cl)s4)c3C2=O)c1. The number of hydrogen-bond acceptors (Lipinski definition) is 5. The lowest BCUT2D eigenvalue weighted by Crippen LogP contribution is -2.25. The lowest BCUT2D eigenvalue weighted by molar-refractivity contribution is 0.0767. The number of ether oxygens (including phenoxy) is 1. The first-order chi connectivity index (χ1) is 15.5. The lowest BCUT2D eigenvalue weighted by atomic mass is 10.1. The van der Waals surface area contributed by atoms with E-state index in [0.29, 0.717) is 46.7 Å². The van der Waals surface area contributed by atoms with Gasteiger partial charge in [-0.25, -0.2) is 0 Å². The Balaban J connectivity index is 1.34. The van der Waals surface area contributed by atoms with Gasteiger partial charge in [-0.3, -0.25) is 19.9 Å². The van der Waals surface area contributed by atoms with E-state index in [9.17, 15) is 9.59 Å². The van der Waals surface area contributed by atoms with Crippen molar-refractivity contribution in [2.45, 2.75) is 13.1 Å². The molecule has 0 spiro atoms. The minimum Gasteiger partial charge on any atom is -0.463 e. The molecule has 9 heteroatoms. The minimum absolute atomic E-state index is 0.122. The van der Waals surface area contributed by atoms with Crippen LogP contribution in [0.15, 0.2) is 54.6 Å². The number of fused-ring (bicyclic) bond motifs is 1. The molecule has 0 radical (unpaired) electrons. The summed E-state index contributed by atoms with van der Waals surface area (Å²) in [5.74, 6) is -0.410. The average molecular weight is 467 g/mol. The van der Waals surface area contributed by atoms with Crippen molar-refractivity contribution in [2.24, 2.45) is 0 Å². The van der Waals surface area contributed by atoms with E-state index in [1.165, 1.54) is 11.3 Å². The van der Waals surface area contributed by atoms with Crippen LogP contribution in [0.4, 0.5) is 11.4 Å². The van der Waals surface area contributed by atoms with Gasteiger partial charge in [0.25, 0.3) is 17.8 Å². The molecule has 7 nitrogen and oxygen atoms in total. The van der Waals surface area contributed by atoms with Gasteiger partial charge < -0.3 is 15.0 Å². The number of rotatable bonds is 5. The summed E-state index contributed by atoms with van der Waals surface area (Å²) in [4.78, 5) is 29.9. The van der Waals surface area contributed by atoms with E-state index in [1.54, 1.807) is 28.0 Å². The fourth-order valence-electron chi connectivity index (χ4n) is 3.97. The lowest BCUT2D eigenvalue weighted by Gasteiger charge is -2.19. The van der Waals surface area contributed by atoms with Crippen molar-refractivity contribution in [3.63, 3.8) is 0 Å². The molecule has 32 heavy (non-hydrogen) atoms. The van der Waals surface area contributed by atoms with E-state index in [0.717, 1.165) is 16.8 Å². The Labute approximate surface area is 193 Å². The first kappa shape index (κ1) is 20.5. The fraction of sp³-hybridized carbons (Fsp3) is 0.174. The van der Waals surface area contributed by atoms with E-state index in [1.807, 2.05) is 36.4 Å². The number of carbonyl (C=O) groups is 2. The second kappa shape index (κ2) is 8.29. The molecule has 3 aromatic rings. The van der Waals surface area contributed by atoms with Gasteiger partial charge in [0.15, 0.2) is 0 Å². The Morgan fingerprint density at radius 3 is 2.78 bits per heavy atom. The first-order valence-corrected chi connectivity index (χ1v) is 11.2. The molecule has 2 aliphatic rings. The van der Waals surface area contributed by atoms with Crippen LogP contribution < -0.4 is 10.2 Å². The topological polar surface area (TPSA) is 85.7 Å². The molecular formula is C23H19ClN4O3S. The van der Waals surface area contributed by atoms with Crippen molar-refractivity contribution >= 4 is 52.1 Å². The Morgan fingerprint density at radius 1 is 1.19 bits per heavy atom. The van der Waals surface area contributed by atoms with Crippen LogP contribution in [-0.4, -0.2) is 35.9 Å². The molecule has 0 saturated carbocycles. The van der Waals surface area contributed by atoms with Crippen LogP contribution in [0.5, 0.6) is 0 Å². The van der Waals surface area contributed by atoms with Crippen LogP contribution in [0.25, 0.3) is 0 Å². The number of anilines is 2. The number of carbonyl (C=O) groups excluding carboxylic acids is 2. The maximum Gasteiger partial charge on any atom is 0.289 e. The smallest absolute Gasteiger partial charge is 0.289 e. The Morgan fingerprint density at radius 2 is 2.03 bits per heavy atom. The van der Waals surface area contributed by atoms with E-state index in [-0.39, 0.29) is 17.8 Å². The summed E-state index contributed by atoms with van der Waals surface area (Å²) < 4.78 is 5.77. The van der Waals surface area contributed by atoms with Gasteiger partial charge in [-0.15, -0.1) is 11.3 Å². The summed E-state index contributed by atoms with van der Waals surface area (Å²) in [7, 11) is 0. The zero-order valence-corrected chi connectivity index (χ0v) is 18.5. The highest BCUT2D eigenvalue weighted by molar-refractivity contribution is 7.18. The number of halogens is 1. The third-order valence-corrected chi connectivity index (χ3v) is 6.68. The number of amides is 2. The van der Waals surface area contributed by atoms with Gasteiger partial charge in [0.1, 0.15) is 6.61 Å². The average Bonchev–Trinajstić information content (AvgIpc) is 3.48. The van der Waals surface area contributed by atoms with Gasteiger partial charge >= 0.3 is 0 Å². The molecule has 0 bridgehead atoms. The zero-order valence-electron chi connectivity index (χ0n) is 16.9. The summed E-state index contributed by atoms with van der Waals surface area (Å²) in [6.07, 6.45) is 0. The molecule has 0 unspecified atom stereocenters. The molecule has 0 aliphatic carbocycles. The van der Waals surface area contributed by atoms with Gasteiger partial charge in [0.2, 0.25) is 0 Å². The summed E-state index contributed by atoms with van der Waals surface area (Å²) in [5, 5.41) is 10.8. The van der Waals surface area contributed by atoms with E-state index >= 15 is 0 Å². The fourth-order valence-corrected chi connectivity index (χ4v) is 4.91. The molecule has 2 amide bonds. The van der Waals surface area contributed by atoms with Crippen molar-refractivity contribution in [2.75, 3.05) is 23.4 Å². The second-order valence-corrected chi connectivity index (χ2v) is 9.25. The third-order valence-electron chi connectivity index (χ3n) is 5.45. The van der Waals surface area contributed by atoms with Gasteiger partial charge in [0, 0.05) is 18.8 Å². The Hall–Kier alpha value is -3.36. The van der Waals surface area contributed by atoms with Crippen molar-refractivity contribution < 1.29 is 14.3 Å². The second-order valence-electron chi connectivity index (χ2n) is 7.53. The predicted octanol–water partition coefficient (Wildman–Crippen LogP) is 4.58. The largest absolute Gasteiger partial charge is 0.463 e. The third kappa shape index (κ3) is 3.83. The molecule has 2 aromatic carbocycles. The maximum atomic E-state index is 13.2. The number of nitrogens with one attached hydrogen (secondary N) is 2. The number of amidine groups is 1. The molecule has 5 rings (SSSR count). The van der Waals surface area contributed by atoms with Crippen LogP contribution in [0.3, 0.4) is 0 Å². The van der Waals surface area contributed by atoms with Crippen LogP contribution in [0, 0.1) is 5.41 Å². The van der Waals surface area contributed by atoms with Crippen LogP contribution in [0.1, 0.15) is 31.2 Å². The summed E-state index contributed by atoms with van der Waals surface area (Å²) in [5.41, 5.74) is 3.73. The van der Waals surface area contributed by atoms with Crippen LogP contribution >= 0.6 is 22.9 Å². The highest BCUT2D eigenvalue weighted by Crippen LogP contribution is 2.32. The van der Waals surface area contributed by atoms with Gasteiger partial charge in [-0.2, -0.15) is 0 Å². The van der Waals surface area contributed by atoms with Gasteiger partial charge in [0.05, 0.1) is 27.0 Å². The quantitative estimate of drug-likeness (QED) is 0.576. The predicted molar refractivity (Wildman–Crippen MR) is 125 cm³/mol. The highest BCUT2D eigenvalue weighted by Gasteiger charge is 2.31. The Bertz CT molecular complexity index is 1240. The molecule has 2 aliphatic heterocycles. The summed E-state index contributed by atoms with van der Waals surface area (Å²) >= 11 is 7.13. The number of nitrogens with zero attached hydrogens (tertiary/aromatic N) is 2. The molecular weight excluding hydrogens is 448 g/mol. The molecule has 0 atom stereocenters. The van der Waals surface area contributed by atoms with E-state index < -0.39 is 0 Å². The minimum atomic E-state index is -0.287. The summed E-state index contributed by atoms with van der Waals surface area (Å²) in [6.45, 7) is 2.02. The van der Waals surface area contributed by atoms with Gasteiger partial charge in [-0.05, 0) is 41.5 Å².